The van der Waals surface area contributed by atoms with Crippen molar-refractivity contribution >= 4 is 40.7 Å². The van der Waals surface area contributed by atoms with Crippen LogP contribution in [0.15, 0.2) is 46.4 Å². The maximum absolute atomic E-state index is 6.12. The van der Waals surface area contributed by atoms with Gasteiger partial charge in [-0.05, 0) is 61.6 Å². The van der Waals surface area contributed by atoms with E-state index in [9.17, 15) is 0 Å². The maximum Gasteiger partial charge on any atom is 0.165 e. The lowest BCUT2D eigenvalue weighted by Gasteiger charge is -2.22. The molecule has 0 spiro atoms. The van der Waals surface area contributed by atoms with E-state index in [1.165, 1.54) is 10.5 Å². The molecule has 0 amide bonds. The fraction of sp³-hybridized carbons (Fsp3) is 0.278. The Morgan fingerprint density at radius 2 is 1.83 bits per heavy atom. The Balaban J connectivity index is 1.88. The van der Waals surface area contributed by atoms with Crippen molar-refractivity contribution in [1.82, 2.24) is 0 Å². The zero-order valence-corrected chi connectivity index (χ0v) is 15.5. The molecule has 3 rings (SSSR count). The van der Waals surface area contributed by atoms with E-state index in [-0.39, 0.29) is 0 Å². The van der Waals surface area contributed by atoms with Crippen LogP contribution in [0, 0.1) is 6.92 Å². The van der Waals surface area contributed by atoms with E-state index in [0.717, 1.165) is 16.8 Å². The van der Waals surface area contributed by atoms with Gasteiger partial charge in [0.15, 0.2) is 5.60 Å². The number of rotatable bonds is 3. The van der Waals surface area contributed by atoms with Gasteiger partial charge < -0.3 is 4.84 Å². The Hall–Kier alpha value is -1.16. The molecule has 0 saturated heterocycles. The average Bonchev–Trinajstić information content (AvgIpc) is 2.90. The topological polar surface area (TPSA) is 21.6 Å². The van der Waals surface area contributed by atoms with Gasteiger partial charge >= 0.3 is 0 Å². The third-order valence-electron chi connectivity index (χ3n) is 4.06. The molecule has 0 fully saturated rings. The summed E-state index contributed by atoms with van der Waals surface area (Å²) < 4.78 is 0. The first-order chi connectivity index (χ1) is 10.9. The Kier molecular flexibility index (Phi) is 4.63. The van der Waals surface area contributed by atoms with Crippen LogP contribution in [-0.4, -0.2) is 12.0 Å². The number of nitrogens with zero attached hydrogens (tertiary/aromatic N) is 1. The van der Waals surface area contributed by atoms with Gasteiger partial charge in [-0.2, -0.15) is 0 Å². The van der Waals surface area contributed by atoms with Gasteiger partial charge in [0.05, 0.1) is 5.71 Å². The maximum atomic E-state index is 6.12. The third-order valence-corrected chi connectivity index (χ3v) is 5.40. The van der Waals surface area contributed by atoms with Crippen molar-refractivity contribution in [3.8, 4) is 0 Å². The van der Waals surface area contributed by atoms with Crippen molar-refractivity contribution in [3.05, 3.63) is 63.1 Å². The Bertz CT molecular complexity index is 770. The summed E-state index contributed by atoms with van der Waals surface area (Å²) in [5.41, 5.74) is 3.68. The molecule has 1 heterocycles. The molecular formula is C18H17Cl2NOS. The fourth-order valence-electron chi connectivity index (χ4n) is 2.77. The zero-order chi connectivity index (χ0) is 16.6. The number of benzene rings is 2. The zero-order valence-electron chi connectivity index (χ0n) is 13.2. The minimum atomic E-state index is -0.546. The normalized spacial score (nSPS) is 20.3. The van der Waals surface area contributed by atoms with E-state index >= 15 is 0 Å². The molecule has 0 bridgehead atoms. The first kappa shape index (κ1) is 16.7. The van der Waals surface area contributed by atoms with Crippen LogP contribution >= 0.6 is 35.0 Å². The predicted octanol–water partition coefficient (Wildman–Crippen LogP) is 6.06. The van der Waals surface area contributed by atoms with Crippen LogP contribution in [0.5, 0.6) is 0 Å². The average molecular weight is 366 g/mol. The fourth-order valence-corrected chi connectivity index (χ4v) is 3.88. The number of hydrogen-bond acceptors (Lipinski definition) is 3. The summed E-state index contributed by atoms with van der Waals surface area (Å²) in [6.07, 6.45) is 2.76. The SMILES string of the molecule is CSc1ccc(C2=NOC(C)(c3cc(Cl)cc(Cl)c3)C2)cc1C. The Morgan fingerprint density at radius 3 is 2.43 bits per heavy atom. The van der Waals surface area contributed by atoms with Gasteiger partial charge in [0.1, 0.15) is 0 Å². The van der Waals surface area contributed by atoms with E-state index in [4.69, 9.17) is 28.0 Å². The van der Waals surface area contributed by atoms with E-state index in [1.54, 1.807) is 17.8 Å². The lowest BCUT2D eigenvalue weighted by atomic mass is 9.89. The number of hydrogen-bond donors (Lipinski definition) is 0. The molecule has 0 saturated carbocycles. The van der Waals surface area contributed by atoms with Gasteiger partial charge in [-0.3, -0.25) is 0 Å². The van der Waals surface area contributed by atoms with Gasteiger partial charge in [-0.25, -0.2) is 0 Å². The highest BCUT2D eigenvalue weighted by molar-refractivity contribution is 7.98. The van der Waals surface area contributed by atoms with Crippen molar-refractivity contribution in [2.75, 3.05) is 6.26 Å². The van der Waals surface area contributed by atoms with Crippen molar-refractivity contribution in [3.63, 3.8) is 0 Å². The molecule has 1 aliphatic rings. The standard InChI is InChI=1S/C18H17Cl2NOS/c1-11-6-12(4-5-17(11)23-3)16-10-18(2,22-21-16)13-7-14(19)9-15(20)8-13/h4-9H,10H2,1-3H3. The predicted molar refractivity (Wildman–Crippen MR) is 99.0 cm³/mol. The van der Waals surface area contributed by atoms with E-state index in [0.29, 0.717) is 16.5 Å². The van der Waals surface area contributed by atoms with Crippen LogP contribution in [0.3, 0.4) is 0 Å². The number of thioether (sulfide) groups is 1. The second kappa shape index (κ2) is 6.39. The molecule has 0 radical (unpaired) electrons. The van der Waals surface area contributed by atoms with Crippen molar-refractivity contribution < 1.29 is 4.84 Å². The summed E-state index contributed by atoms with van der Waals surface area (Å²) >= 11 is 14.0. The van der Waals surface area contributed by atoms with Crippen LogP contribution in [0.1, 0.15) is 30.0 Å². The van der Waals surface area contributed by atoms with Gasteiger partial charge in [-0.1, -0.05) is 34.4 Å². The van der Waals surface area contributed by atoms with E-state index in [2.05, 4.69) is 36.5 Å². The minimum absolute atomic E-state index is 0.546. The number of oxime groups is 1. The Morgan fingerprint density at radius 1 is 1.13 bits per heavy atom. The highest BCUT2D eigenvalue weighted by atomic mass is 35.5. The molecule has 23 heavy (non-hydrogen) atoms. The number of aryl methyl sites for hydroxylation is 1. The quantitative estimate of drug-likeness (QED) is 0.616. The van der Waals surface area contributed by atoms with Crippen LogP contribution in [0.2, 0.25) is 10.0 Å². The molecule has 5 heteroatoms. The molecule has 2 aromatic carbocycles. The van der Waals surface area contributed by atoms with Crippen LogP contribution < -0.4 is 0 Å². The van der Waals surface area contributed by atoms with Gasteiger partial charge in [-0.15, -0.1) is 11.8 Å². The first-order valence-electron chi connectivity index (χ1n) is 7.28. The summed E-state index contributed by atoms with van der Waals surface area (Å²) in [6.45, 7) is 4.12. The first-order valence-corrected chi connectivity index (χ1v) is 9.26. The van der Waals surface area contributed by atoms with Gasteiger partial charge in [0, 0.05) is 26.9 Å². The highest BCUT2D eigenvalue weighted by Crippen LogP contribution is 2.38. The molecule has 2 nitrogen and oxygen atoms in total. The second-order valence-corrected chi connectivity index (χ2v) is 7.60. The molecule has 1 unspecified atom stereocenters. The van der Waals surface area contributed by atoms with Crippen LogP contribution in [-0.2, 0) is 10.4 Å². The minimum Gasteiger partial charge on any atom is -0.384 e. The van der Waals surface area contributed by atoms with Crippen molar-refractivity contribution in [1.29, 1.82) is 0 Å². The summed E-state index contributed by atoms with van der Waals surface area (Å²) in [7, 11) is 0. The molecule has 120 valence electrons. The molecule has 1 aliphatic heterocycles. The summed E-state index contributed by atoms with van der Waals surface area (Å²) in [4.78, 5) is 7.04. The molecule has 2 aromatic rings. The lowest BCUT2D eigenvalue weighted by Crippen LogP contribution is -2.22. The molecule has 0 aliphatic carbocycles. The van der Waals surface area contributed by atoms with Crippen molar-refractivity contribution in [2.45, 2.75) is 30.8 Å². The van der Waals surface area contributed by atoms with Crippen molar-refractivity contribution in [2.24, 2.45) is 5.16 Å². The second-order valence-electron chi connectivity index (χ2n) is 5.88. The Labute approximate surface area is 150 Å². The molecule has 1 atom stereocenters. The summed E-state index contributed by atoms with van der Waals surface area (Å²) in [5, 5.41) is 5.52. The van der Waals surface area contributed by atoms with Crippen LogP contribution in [0.25, 0.3) is 0 Å². The van der Waals surface area contributed by atoms with Gasteiger partial charge in [0.25, 0.3) is 0 Å². The molecular weight excluding hydrogens is 349 g/mol. The van der Waals surface area contributed by atoms with E-state index < -0.39 is 5.60 Å². The monoisotopic (exact) mass is 365 g/mol. The van der Waals surface area contributed by atoms with Gasteiger partial charge in [0.2, 0.25) is 0 Å². The smallest absolute Gasteiger partial charge is 0.165 e. The highest BCUT2D eigenvalue weighted by Gasteiger charge is 2.37. The number of halogens is 2. The third kappa shape index (κ3) is 3.37. The molecule has 0 aromatic heterocycles. The van der Waals surface area contributed by atoms with E-state index in [1.807, 2.05) is 19.1 Å². The largest absolute Gasteiger partial charge is 0.384 e. The summed E-state index contributed by atoms with van der Waals surface area (Å²) in [6, 6.07) is 11.9. The summed E-state index contributed by atoms with van der Waals surface area (Å²) in [5.74, 6) is 0. The van der Waals surface area contributed by atoms with Crippen LogP contribution in [0.4, 0.5) is 0 Å². The lowest BCUT2D eigenvalue weighted by molar-refractivity contribution is -0.00737. The molecule has 0 N–H and O–H groups in total.